The summed E-state index contributed by atoms with van der Waals surface area (Å²) in [5, 5.41) is 7.18. The minimum Gasteiger partial charge on any atom is -0.454 e. The third-order valence-electron chi connectivity index (χ3n) is 10.5. The molecule has 0 saturated heterocycles. The minimum absolute atomic E-state index is 0.896. The summed E-state index contributed by atoms with van der Waals surface area (Å²) in [7, 11) is 0. The molecule has 3 nitrogen and oxygen atoms in total. The van der Waals surface area contributed by atoms with Gasteiger partial charge in [0.25, 0.3) is 0 Å². The van der Waals surface area contributed by atoms with Crippen molar-refractivity contribution >= 4 is 65.6 Å². The molecule has 0 amide bonds. The number of hydrogen-bond acceptors (Lipinski definition) is 1. The standard InChI is InChI=1S/C48H30N2O/c1-2-12-31(13-3-1)32-24-26-33(27-25-32)34-14-10-15-35(28-34)49-42-20-7-4-16-36(42)40-29-41-37-17-5-8-21-43(37)50(46(41)30-45(40)49)44-22-11-19-39-38-18-6-9-23-47(38)51-48(39)44/h1-30H. The lowest BCUT2D eigenvalue weighted by atomic mass is 10.00. The summed E-state index contributed by atoms with van der Waals surface area (Å²) >= 11 is 0. The number of aromatic nitrogens is 2. The summed E-state index contributed by atoms with van der Waals surface area (Å²) in [6, 6.07) is 65.5. The summed E-state index contributed by atoms with van der Waals surface area (Å²) in [6.45, 7) is 0. The second kappa shape index (κ2) is 10.8. The summed E-state index contributed by atoms with van der Waals surface area (Å²) in [4.78, 5) is 0. The molecule has 0 spiro atoms. The quantitative estimate of drug-likeness (QED) is 0.186. The van der Waals surface area contributed by atoms with E-state index in [1.807, 2.05) is 6.07 Å². The maximum absolute atomic E-state index is 6.60. The van der Waals surface area contributed by atoms with Gasteiger partial charge in [-0.05, 0) is 70.8 Å². The van der Waals surface area contributed by atoms with Crippen molar-refractivity contribution in [2.24, 2.45) is 0 Å². The lowest BCUT2D eigenvalue weighted by Gasteiger charge is -2.12. The van der Waals surface area contributed by atoms with Gasteiger partial charge in [-0.2, -0.15) is 0 Å². The average Bonchev–Trinajstić information content (AvgIpc) is 3.85. The van der Waals surface area contributed by atoms with Gasteiger partial charge in [0.15, 0.2) is 5.58 Å². The van der Waals surface area contributed by atoms with Crippen LogP contribution in [0.3, 0.4) is 0 Å². The Bertz CT molecular complexity index is 3120. The first-order chi connectivity index (χ1) is 25.3. The van der Waals surface area contributed by atoms with E-state index in [9.17, 15) is 0 Å². The van der Waals surface area contributed by atoms with E-state index in [1.54, 1.807) is 0 Å². The molecule has 11 aromatic rings. The zero-order chi connectivity index (χ0) is 33.5. The topological polar surface area (TPSA) is 23.0 Å². The van der Waals surface area contributed by atoms with E-state index in [0.717, 1.165) is 44.3 Å². The maximum atomic E-state index is 6.60. The van der Waals surface area contributed by atoms with Gasteiger partial charge in [0, 0.05) is 38.0 Å². The minimum atomic E-state index is 0.896. The summed E-state index contributed by atoms with van der Waals surface area (Å²) in [6.07, 6.45) is 0. The van der Waals surface area contributed by atoms with Gasteiger partial charge in [-0.25, -0.2) is 0 Å². The van der Waals surface area contributed by atoms with Crippen molar-refractivity contribution in [2.75, 3.05) is 0 Å². The molecular weight excluding hydrogens is 621 g/mol. The molecule has 238 valence electrons. The summed E-state index contributed by atoms with van der Waals surface area (Å²) < 4.78 is 11.4. The van der Waals surface area contributed by atoms with Gasteiger partial charge in [-0.3, -0.25) is 0 Å². The SMILES string of the molecule is c1ccc(-c2ccc(-c3cccc(-n4c5ccccc5c5cc6c7ccccc7n(-c7cccc8c7oc7ccccc78)c6cc54)c3)cc2)cc1. The van der Waals surface area contributed by atoms with Crippen LogP contribution in [-0.4, -0.2) is 9.13 Å². The molecule has 0 unspecified atom stereocenters. The fourth-order valence-electron chi connectivity index (χ4n) is 8.19. The number of hydrogen-bond donors (Lipinski definition) is 0. The molecule has 0 bridgehead atoms. The van der Waals surface area contributed by atoms with Crippen LogP contribution in [0.1, 0.15) is 0 Å². The Balaban J connectivity index is 1.16. The third kappa shape index (κ3) is 4.19. The maximum Gasteiger partial charge on any atom is 0.159 e. The summed E-state index contributed by atoms with van der Waals surface area (Å²) in [5.41, 5.74) is 13.4. The molecule has 3 aromatic heterocycles. The lowest BCUT2D eigenvalue weighted by Crippen LogP contribution is -1.96. The number of furan rings is 1. The molecule has 0 N–H and O–H groups in total. The van der Waals surface area contributed by atoms with E-state index in [0.29, 0.717) is 0 Å². The first-order valence-corrected chi connectivity index (χ1v) is 17.4. The monoisotopic (exact) mass is 650 g/mol. The van der Waals surface area contributed by atoms with Crippen LogP contribution in [0.15, 0.2) is 186 Å². The number of nitrogens with zero attached hydrogens (tertiary/aromatic N) is 2. The molecule has 0 atom stereocenters. The zero-order valence-electron chi connectivity index (χ0n) is 27.6. The molecule has 0 saturated carbocycles. The van der Waals surface area contributed by atoms with Crippen LogP contribution in [0.2, 0.25) is 0 Å². The molecule has 0 radical (unpaired) electrons. The highest BCUT2D eigenvalue weighted by molar-refractivity contribution is 6.20. The Morgan fingerprint density at radius 1 is 0.314 bits per heavy atom. The van der Waals surface area contributed by atoms with Crippen LogP contribution in [0.4, 0.5) is 0 Å². The predicted octanol–water partition coefficient (Wildman–Crippen LogP) is 13.1. The smallest absolute Gasteiger partial charge is 0.159 e. The van der Waals surface area contributed by atoms with Crippen LogP contribution in [-0.2, 0) is 0 Å². The highest BCUT2D eigenvalue weighted by atomic mass is 16.3. The van der Waals surface area contributed by atoms with Crippen molar-refractivity contribution in [2.45, 2.75) is 0 Å². The van der Waals surface area contributed by atoms with Crippen molar-refractivity contribution < 1.29 is 4.42 Å². The van der Waals surface area contributed by atoms with E-state index >= 15 is 0 Å². The first-order valence-electron chi connectivity index (χ1n) is 17.4. The van der Waals surface area contributed by atoms with Crippen molar-refractivity contribution in [3.63, 3.8) is 0 Å². The highest BCUT2D eigenvalue weighted by Crippen LogP contribution is 2.42. The average molecular weight is 651 g/mol. The van der Waals surface area contributed by atoms with Crippen molar-refractivity contribution in [1.82, 2.24) is 9.13 Å². The van der Waals surface area contributed by atoms with Crippen LogP contribution in [0.5, 0.6) is 0 Å². The molecule has 8 aromatic carbocycles. The molecule has 11 rings (SSSR count). The molecule has 0 aliphatic heterocycles. The molecule has 3 heterocycles. The van der Waals surface area contributed by atoms with Gasteiger partial charge in [0.05, 0.1) is 27.8 Å². The highest BCUT2D eigenvalue weighted by Gasteiger charge is 2.21. The number of fused-ring (bicyclic) bond motifs is 9. The van der Waals surface area contributed by atoms with E-state index in [-0.39, 0.29) is 0 Å². The van der Waals surface area contributed by atoms with Crippen molar-refractivity contribution in [3.8, 4) is 33.6 Å². The van der Waals surface area contributed by atoms with Crippen molar-refractivity contribution in [1.29, 1.82) is 0 Å². The number of para-hydroxylation sites is 4. The second-order valence-corrected chi connectivity index (χ2v) is 13.3. The Morgan fingerprint density at radius 2 is 0.863 bits per heavy atom. The molecule has 0 aliphatic carbocycles. The Morgan fingerprint density at radius 3 is 1.63 bits per heavy atom. The Labute approximate surface area is 293 Å². The third-order valence-corrected chi connectivity index (χ3v) is 10.5. The Hall–Kier alpha value is -6.84. The Kier molecular flexibility index (Phi) is 5.96. The van der Waals surface area contributed by atoms with E-state index in [2.05, 4.69) is 185 Å². The van der Waals surface area contributed by atoms with Crippen LogP contribution in [0, 0.1) is 0 Å². The van der Waals surface area contributed by atoms with E-state index < -0.39 is 0 Å². The fraction of sp³-hybridized carbons (Fsp3) is 0. The first kappa shape index (κ1) is 28.0. The molecular formula is C48H30N2O. The van der Waals surface area contributed by atoms with Crippen LogP contribution < -0.4 is 0 Å². The molecule has 0 fully saturated rings. The largest absolute Gasteiger partial charge is 0.454 e. The van der Waals surface area contributed by atoms with Gasteiger partial charge in [-0.1, -0.05) is 133 Å². The molecule has 0 aliphatic rings. The fourth-order valence-corrected chi connectivity index (χ4v) is 8.19. The van der Waals surface area contributed by atoms with Gasteiger partial charge in [0.2, 0.25) is 0 Å². The van der Waals surface area contributed by atoms with Crippen molar-refractivity contribution in [3.05, 3.63) is 182 Å². The number of benzene rings is 8. The normalized spacial score (nSPS) is 11.9. The summed E-state index contributed by atoms with van der Waals surface area (Å²) in [5.74, 6) is 0. The van der Waals surface area contributed by atoms with Gasteiger partial charge in [0.1, 0.15) is 5.58 Å². The molecule has 51 heavy (non-hydrogen) atoms. The van der Waals surface area contributed by atoms with E-state index in [1.165, 1.54) is 54.8 Å². The molecule has 3 heteroatoms. The lowest BCUT2D eigenvalue weighted by molar-refractivity contribution is 0.666. The predicted molar refractivity (Wildman–Crippen MR) is 213 cm³/mol. The number of rotatable bonds is 4. The van der Waals surface area contributed by atoms with E-state index in [4.69, 9.17) is 4.42 Å². The van der Waals surface area contributed by atoms with Crippen LogP contribution in [0.25, 0.3) is 99.2 Å². The van der Waals surface area contributed by atoms with Crippen LogP contribution >= 0.6 is 0 Å². The van der Waals surface area contributed by atoms with Gasteiger partial charge in [-0.15, -0.1) is 0 Å². The second-order valence-electron chi connectivity index (χ2n) is 13.3. The van der Waals surface area contributed by atoms with Gasteiger partial charge < -0.3 is 13.6 Å². The van der Waals surface area contributed by atoms with Gasteiger partial charge >= 0.3 is 0 Å². The zero-order valence-corrected chi connectivity index (χ0v) is 27.6.